The van der Waals surface area contributed by atoms with E-state index in [9.17, 15) is 0 Å². The first-order chi connectivity index (χ1) is 12.8. The molecule has 1 N–H and O–H groups in total. The molecule has 2 atom stereocenters. The van der Waals surface area contributed by atoms with E-state index < -0.39 is 0 Å². The predicted octanol–water partition coefficient (Wildman–Crippen LogP) is 3.07. The summed E-state index contributed by atoms with van der Waals surface area (Å²) in [5.74, 6) is 0.674. The van der Waals surface area contributed by atoms with Crippen molar-refractivity contribution in [2.75, 3.05) is 13.6 Å². The van der Waals surface area contributed by atoms with Crippen LogP contribution in [0.4, 0.5) is 0 Å². The average Bonchev–Trinajstić information content (AvgIpc) is 3.08. The van der Waals surface area contributed by atoms with Gasteiger partial charge in [0.2, 0.25) is 0 Å². The number of nitrogens with one attached hydrogen (secondary N) is 1. The lowest BCUT2D eigenvalue weighted by atomic mass is 10.0. The number of likely N-dealkylation sites (tertiary alicyclic amines) is 1. The molecule has 0 amide bonds. The summed E-state index contributed by atoms with van der Waals surface area (Å²) in [5.41, 5.74) is 3.15. The van der Waals surface area contributed by atoms with Gasteiger partial charge in [-0.2, -0.15) is 0 Å². The Labute approximate surface area is 154 Å². The minimum Gasteiger partial charge on any atom is -0.306 e. The number of nitrogens with zero attached hydrogens (tertiary/aromatic N) is 4. The highest BCUT2D eigenvalue weighted by Crippen LogP contribution is 2.30. The molecule has 26 heavy (non-hydrogen) atoms. The first kappa shape index (κ1) is 16.8. The van der Waals surface area contributed by atoms with E-state index in [0.717, 1.165) is 30.9 Å². The van der Waals surface area contributed by atoms with Crippen molar-refractivity contribution in [2.45, 2.75) is 25.0 Å². The first-order valence-corrected chi connectivity index (χ1v) is 9.03. The minimum atomic E-state index is 0.397. The van der Waals surface area contributed by atoms with E-state index in [2.05, 4.69) is 62.5 Å². The van der Waals surface area contributed by atoms with Crippen molar-refractivity contribution in [2.24, 2.45) is 0 Å². The van der Waals surface area contributed by atoms with Crippen LogP contribution in [0.3, 0.4) is 0 Å². The molecule has 2 aromatic heterocycles. The summed E-state index contributed by atoms with van der Waals surface area (Å²) in [5, 5.41) is 3.70. The Bertz CT molecular complexity index is 837. The molecule has 2 unspecified atom stereocenters. The monoisotopic (exact) mass is 345 g/mol. The molecule has 5 nitrogen and oxygen atoms in total. The normalized spacial score (nSPS) is 20.3. The van der Waals surface area contributed by atoms with Crippen LogP contribution in [0.1, 0.15) is 23.7 Å². The van der Waals surface area contributed by atoms with Crippen molar-refractivity contribution < 1.29 is 0 Å². The van der Waals surface area contributed by atoms with E-state index in [1.807, 2.05) is 30.5 Å². The van der Waals surface area contributed by atoms with Crippen molar-refractivity contribution in [3.63, 3.8) is 0 Å². The van der Waals surface area contributed by atoms with Crippen LogP contribution in [-0.4, -0.2) is 39.5 Å². The van der Waals surface area contributed by atoms with Crippen LogP contribution in [0.15, 0.2) is 67.0 Å². The third kappa shape index (κ3) is 3.64. The van der Waals surface area contributed by atoms with E-state index in [4.69, 9.17) is 0 Å². The topological polar surface area (TPSA) is 53.9 Å². The number of likely N-dealkylation sites (N-methyl/N-ethyl adjacent to an activating group) is 1. The SMILES string of the molecule is CN1CCC(NCc2ccnc(-c3ccccn3)n2)C1c1ccccc1. The summed E-state index contributed by atoms with van der Waals surface area (Å²) in [6, 6.07) is 19.3. The molecule has 1 fully saturated rings. The van der Waals surface area contributed by atoms with Crippen LogP contribution < -0.4 is 5.32 Å². The molecule has 1 aliphatic heterocycles. The molecule has 1 aromatic carbocycles. The Morgan fingerprint density at radius 1 is 1.00 bits per heavy atom. The van der Waals surface area contributed by atoms with Crippen molar-refractivity contribution in [1.82, 2.24) is 25.2 Å². The number of rotatable bonds is 5. The molecule has 0 spiro atoms. The molecule has 3 aromatic rings. The van der Waals surface area contributed by atoms with Gasteiger partial charge in [0, 0.05) is 37.6 Å². The third-order valence-electron chi connectivity index (χ3n) is 4.94. The Kier molecular flexibility index (Phi) is 5.00. The van der Waals surface area contributed by atoms with E-state index in [-0.39, 0.29) is 0 Å². The molecule has 3 heterocycles. The van der Waals surface area contributed by atoms with Gasteiger partial charge in [0.1, 0.15) is 5.69 Å². The molecule has 132 valence electrons. The molecular weight excluding hydrogens is 322 g/mol. The fourth-order valence-corrected chi connectivity index (χ4v) is 3.65. The zero-order chi connectivity index (χ0) is 17.8. The third-order valence-corrected chi connectivity index (χ3v) is 4.94. The van der Waals surface area contributed by atoms with Crippen molar-refractivity contribution >= 4 is 0 Å². The average molecular weight is 345 g/mol. The van der Waals surface area contributed by atoms with Gasteiger partial charge in [-0.25, -0.2) is 9.97 Å². The molecule has 0 radical (unpaired) electrons. The van der Waals surface area contributed by atoms with Gasteiger partial charge in [-0.15, -0.1) is 0 Å². The fraction of sp³-hybridized carbons (Fsp3) is 0.286. The maximum atomic E-state index is 4.67. The van der Waals surface area contributed by atoms with Gasteiger partial charge in [0.25, 0.3) is 0 Å². The summed E-state index contributed by atoms with van der Waals surface area (Å²) in [4.78, 5) is 15.8. The maximum absolute atomic E-state index is 4.67. The Hall–Kier alpha value is -2.63. The summed E-state index contributed by atoms with van der Waals surface area (Å²) < 4.78 is 0. The van der Waals surface area contributed by atoms with Gasteiger partial charge in [-0.1, -0.05) is 36.4 Å². The zero-order valence-corrected chi connectivity index (χ0v) is 14.9. The van der Waals surface area contributed by atoms with Crippen LogP contribution in [-0.2, 0) is 6.54 Å². The molecule has 1 aliphatic rings. The molecule has 4 rings (SSSR count). The van der Waals surface area contributed by atoms with Crippen LogP contribution in [0, 0.1) is 0 Å². The van der Waals surface area contributed by atoms with Crippen molar-refractivity contribution in [3.05, 3.63) is 78.2 Å². The minimum absolute atomic E-state index is 0.397. The Morgan fingerprint density at radius 3 is 2.65 bits per heavy atom. The van der Waals surface area contributed by atoms with Gasteiger partial charge in [0.05, 0.1) is 5.69 Å². The largest absolute Gasteiger partial charge is 0.306 e. The van der Waals surface area contributed by atoms with Crippen LogP contribution >= 0.6 is 0 Å². The number of hydrogen-bond donors (Lipinski definition) is 1. The standard InChI is InChI=1S/C21H23N5/c1-26-14-11-18(20(26)16-7-3-2-4-8-16)24-15-17-10-13-23-21(25-17)19-9-5-6-12-22-19/h2-10,12-13,18,20,24H,11,14-15H2,1H3. The number of benzene rings is 1. The summed E-state index contributed by atoms with van der Waals surface area (Å²) in [7, 11) is 2.20. The predicted molar refractivity (Wildman–Crippen MR) is 102 cm³/mol. The molecule has 5 heteroatoms. The lowest BCUT2D eigenvalue weighted by Crippen LogP contribution is -2.34. The lowest BCUT2D eigenvalue weighted by Gasteiger charge is -2.26. The quantitative estimate of drug-likeness (QED) is 0.770. The number of pyridine rings is 1. The summed E-state index contributed by atoms with van der Waals surface area (Å²) >= 11 is 0. The van der Waals surface area contributed by atoms with Gasteiger partial charge >= 0.3 is 0 Å². The van der Waals surface area contributed by atoms with E-state index in [0.29, 0.717) is 17.9 Å². The molecule has 0 saturated carbocycles. The van der Waals surface area contributed by atoms with Crippen molar-refractivity contribution in [1.29, 1.82) is 0 Å². The highest BCUT2D eigenvalue weighted by Gasteiger charge is 2.32. The van der Waals surface area contributed by atoms with Gasteiger partial charge in [-0.3, -0.25) is 9.88 Å². The second-order valence-corrected chi connectivity index (χ2v) is 6.70. The van der Waals surface area contributed by atoms with E-state index in [1.54, 1.807) is 6.20 Å². The summed E-state index contributed by atoms with van der Waals surface area (Å²) in [6.45, 7) is 1.82. The lowest BCUT2D eigenvalue weighted by molar-refractivity contribution is 0.286. The smallest absolute Gasteiger partial charge is 0.178 e. The van der Waals surface area contributed by atoms with Gasteiger partial charge in [0.15, 0.2) is 5.82 Å². The highest BCUT2D eigenvalue weighted by molar-refractivity contribution is 5.48. The van der Waals surface area contributed by atoms with Crippen LogP contribution in [0.25, 0.3) is 11.5 Å². The van der Waals surface area contributed by atoms with Gasteiger partial charge < -0.3 is 5.32 Å². The van der Waals surface area contributed by atoms with Crippen LogP contribution in [0.2, 0.25) is 0 Å². The van der Waals surface area contributed by atoms with Crippen molar-refractivity contribution in [3.8, 4) is 11.5 Å². The van der Waals surface area contributed by atoms with Crippen LogP contribution in [0.5, 0.6) is 0 Å². The number of aromatic nitrogens is 3. The van der Waals surface area contributed by atoms with E-state index in [1.165, 1.54) is 5.56 Å². The Balaban J connectivity index is 1.47. The second kappa shape index (κ2) is 7.72. The molecule has 0 aliphatic carbocycles. The Morgan fingerprint density at radius 2 is 1.85 bits per heavy atom. The summed E-state index contributed by atoms with van der Waals surface area (Å²) in [6.07, 6.45) is 4.71. The molecular formula is C21H23N5. The van der Waals surface area contributed by atoms with Gasteiger partial charge in [-0.05, 0) is 37.2 Å². The molecule has 1 saturated heterocycles. The second-order valence-electron chi connectivity index (χ2n) is 6.70. The fourth-order valence-electron chi connectivity index (χ4n) is 3.65. The zero-order valence-electron chi connectivity index (χ0n) is 14.9. The maximum Gasteiger partial charge on any atom is 0.178 e. The first-order valence-electron chi connectivity index (χ1n) is 9.03. The molecule has 0 bridgehead atoms. The van der Waals surface area contributed by atoms with E-state index >= 15 is 0 Å². The highest BCUT2D eigenvalue weighted by atomic mass is 15.2. The number of hydrogen-bond acceptors (Lipinski definition) is 5.